The molecule has 6 aliphatic rings. The van der Waals surface area contributed by atoms with Crippen molar-refractivity contribution >= 4 is 28.7 Å². The molecule has 6 fully saturated rings. The third kappa shape index (κ3) is 2.93. The van der Waals surface area contributed by atoms with Crippen LogP contribution in [0.4, 0.5) is 5.82 Å². The molecule has 2 aliphatic heterocycles. The number of ether oxygens (including phenoxy) is 1. The Balaban J connectivity index is 1.23. The molecule has 2 saturated heterocycles. The Morgan fingerprint density at radius 2 is 1.96 bits per heavy atom. The maximum atomic E-state index is 12.3. The van der Waals surface area contributed by atoms with Gasteiger partial charge in [0.1, 0.15) is 0 Å². The van der Waals surface area contributed by atoms with Crippen molar-refractivity contribution in [3.63, 3.8) is 0 Å². The van der Waals surface area contributed by atoms with Crippen molar-refractivity contribution < 1.29 is 9.53 Å². The number of carbonyl (C=O) groups excluding carboxylic acids is 1. The topological polar surface area (TPSA) is 59.7 Å². The second-order valence-electron chi connectivity index (χ2n) is 9.58. The number of hydrogen-bond donors (Lipinski definition) is 0. The van der Waals surface area contributed by atoms with E-state index in [9.17, 15) is 4.79 Å². The van der Waals surface area contributed by atoms with Gasteiger partial charge in [0.2, 0.25) is 5.91 Å². The van der Waals surface area contributed by atoms with E-state index < -0.39 is 0 Å². The van der Waals surface area contributed by atoms with Gasteiger partial charge in [-0.3, -0.25) is 14.4 Å². The Labute approximate surface area is 170 Å². The summed E-state index contributed by atoms with van der Waals surface area (Å²) in [6.07, 6.45) is 12.6. The second kappa shape index (κ2) is 6.59. The molecule has 0 radical (unpaired) electrons. The number of aliphatic imine (C=N–C) groups is 1. The highest BCUT2D eigenvalue weighted by Crippen LogP contribution is 2.58. The van der Waals surface area contributed by atoms with Crippen LogP contribution in [0.5, 0.6) is 0 Å². The molecule has 4 aliphatic carbocycles. The van der Waals surface area contributed by atoms with Crippen LogP contribution in [0, 0.1) is 17.8 Å². The molecule has 4 saturated carbocycles. The van der Waals surface area contributed by atoms with Gasteiger partial charge in [0.15, 0.2) is 11.0 Å². The van der Waals surface area contributed by atoms with Gasteiger partial charge in [-0.15, -0.1) is 0 Å². The number of amidine groups is 1. The molecular formula is C21H28N4O2S. The Morgan fingerprint density at radius 1 is 1.21 bits per heavy atom. The van der Waals surface area contributed by atoms with Gasteiger partial charge in [-0.2, -0.15) is 5.10 Å². The van der Waals surface area contributed by atoms with Crippen LogP contribution in [0.25, 0.3) is 0 Å². The van der Waals surface area contributed by atoms with Gasteiger partial charge in [0.05, 0.1) is 23.9 Å². The van der Waals surface area contributed by atoms with E-state index in [0.717, 1.165) is 48.2 Å². The monoisotopic (exact) mass is 400 g/mol. The minimum absolute atomic E-state index is 0.139. The van der Waals surface area contributed by atoms with Gasteiger partial charge in [-0.25, -0.2) is 4.99 Å². The predicted molar refractivity (Wildman–Crippen MR) is 109 cm³/mol. The van der Waals surface area contributed by atoms with Gasteiger partial charge in [0.25, 0.3) is 0 Å². The standard InChI is InChI=1S/C21H28N4O2S/c26-19-13-28-20(24(19)12-17-2-1-5-27-17)22-18-3-4-25(23-18)21-9-14-6-15(10-21)8-16(7-14)11-21/h3-4,14-17H,1-2,5-13H2. The van der Waals surface area contributed by atoms with Crippen LogP contribution in [0.15, 0.2) is 17.3 Å². The lowest BCUT2D eigenvalue weighted by Crippen LogP contribution is -2.52. The molecule has 7 heteroatoms. The van der Waals surface area contributed by atoms with E-state index in [1.165, 1.54) is 50.3 Å². The fourth-order valence-corrected chi connectivity index (χ4v) is 7.63. The third-order valence-corrected chi connectivity index (χ3v) is 8.51. The number of aromatic nitrogens is 2. The lowest BCUT2D eigenvalue weighted by atomic mass is 9.53. The summed E-state index contributed by atoms with van der Waals surface area (Å²) in [6.45, 7) is 1.43. The molecule has 3 heterocycles. The average molecular weight is 401 g/mol. The summed E-state index contributed by atoms with van der Waals surface area (Å²) in [7, 11) is 0. The first-order valence-electron chi connectivity index (χ1n) is 10.9. The van der Waals surface area contributed by atoms with Gasteiger partial charge in [-0.1, -0.05) is 11.8 Å². The molecule has 1 atom stereocenters. The third-order valence-electron chi connectivity index (χ3n) is 7.54. The predicted octanol–water partition coefficient (Wildman–Crippen LogP) is 3.55. The van der Waals surface area contributed by atoms with Crippen molar-refractivity contribution in [2.45, 2.75) is 63.0 Å². The Morgan fingerprint density at radius 3 is 2.64 bits per heavy atom. The van der Waals surface area contributed by atoms with E-state index in [1.807, 2.05) is 11.0 Å². The molecule has 150 valence electrons. The van der Waals surface area contributed by atoms with Crippen molar-refractivity contribution in [1.82, 2.24) is 14.7 Å². The van der Waals surface area contributed by atoms with E-state index in [-0.39, 0.29) is 17.6 Å². The summed E-state index contributed by atoms with van der Waals surface area (Å²) < 4.78 is 7.96. The average Bonchev–Trinajstić information content (AvgIpc) is 3.39. The highest BCUT2D eigenvalue weighted by molar-refractivity contribution is 8.15. The molecule has 1 aromatic heterocycles. The lowest BCUT2D eigenvalue weighted by molar-refractivity contribution is -0.125. The van der Waals surface area contributed by atoms with E-state index >= 15 is 0 Å². The quantitative estimate of drug-likeness (QED) is 0.775. The van der Waals surface area contributed by atoms with Gasteiger partial charge in [-0.05, 0) is 69.1 Å². The second-order valence-corrected chi connectivity index (χ2v) is 10.5. The minimum Gasteiger partial charge on any atom is -0.376 e. The molecule has 1 unspecified atom stereocenters. The van der Waals surface area contributed by atoms with Crippen molar-refractivity contribution in [2.24, 2.45) is 22.7 Å². The molecule has 1 amide bonds. The molecule has 0 aromatic carbocycles. The molecule has 0 N–H and O–H groups in total. The largest absolute Gasteiger partial charge is 0.376 e. The van der Waals surface area contributed by atoms with Crippen LogP contribution in [-0.4, -0.2) is 50.8 Å². The summed E-state index contributed by atoms with van der Waals surface area (Å²) in [5, 5.41) is 5.69. The SMILES string of the molecule is O=C1CSC(=Nc2ccn(C34CC5CC(CC(C5)C3)C4)n2)N1CC1CCCO1. The van der Waals surface area contributed by atoms with Crippen LogP contribution in [0.2, 0.25) is 0 Å². The minimum atomic E-state index is 0.139. The van der Waals surface area contributed by atoms with E-state index in [2.05, 4.69) is 10.9 Å². The molecule has 0 spiro atoms. The van der Waals surface area contributed by atoms with Gasteiger partial charge in [0, 0.05) is 18.9 Å². The highest BCUT2D eigenvalue weighted by atomic mass is 32.2. The maximum Gasteiger partial charge on any atom is 0.239 e. The zero-order valence-electron chi connectivity index (χ0n) is 16.3. The summed E-state index contributed by atoms with van der Waals surface area (Å²) in [6, 6.07) is 2.03. The molecule has 1 aromatic rings. The Hall–Kier alpha value is -1.34. The number of nitrogens with zero attached hydrogens (tertiary/aromatic N) is 4. The fraction of sp³-hybridized carbons (Fsp3) is 0.762. The molecule has 7 rings (SSSR count). The number of thioether (sulfide) groups is 1. The van der Waals surface area contributed by atoms with Crippen LogP contribution in [0.1, 0.15) is 51.4 Å². The fourth-order valence-electron chi connectivity index (χ4n) is 6.73. The van der Waals surface area contributed by atoms with Gasteiger partial charge < -0.3 is 4.74 Å². The maximum absolute atomic E-state index is 12.3. The number of rotatable bonds is 4. The summed E-state index contributed by atoms with van der Waals surface area (Å²) in [5.74, 6) is 4.05. The number of hydrogen-bond acceptors (Lipinski definition) is 5. The highest BCUT2D eigenvalue weighted by Gasteiger charge is 2.52. The first-order chi connectivity index (χ1) is 13.7. The summed E-state index contributed by atoms with van der Waals surface area (Å²) in [4.78, 5) is 18.9. The van der Waals surface area contributed by atoms with Crippen molar-refractivity contribution in [1.29, 1.82) is 0 Å². The van der Waals surface area contributed by atoms with Crippen LogP contribution < -0.4 is 0 Å². The molecule has 4 bridgehead atoms. The normalized spacial score (nSPS) is 40.9. The lowest BCUT2D eigenvalue weighted by Gasteiger charge is -2.56. The Kier molecular flexibility index (Phi) is 4.12. The van der Waals surface area contributed by atoms with Crippen molar-refractivity contribution in [3.05, 3.63) is 12.3 Å². The zero-order valence-corrected chi connectivity index (χ0v) is 17.1. The summed E-state index contributed by atoms with van der Waals surface area (Å²) in [5.41, 5.74) is 0.225. The van der Waals surface area contributed by atoms with Crippen molar-refractivity contribution in [2.75, 3.05) is 18.9 Å². The molecule has 28 heavy (non-hydrogen) atoms. The number of amides is 1. The first-order valence-corrected chi connectivity index (χ1v) is 11.8. The smallest absolute Gasteiger partial charge is 0.239 e. The number of carbonyl (C=O) groups is 1. The first kappa shape index (κ1) is 17.5. The Bertz CT molecular complexity index is 778. The molecular weight excluding hydrogens is 372 g/mol. The van der Waals surface area contributed by atoms with Crippen LogP contribution in [-0.2, 0) is 15.1 Å². The van der Waals surface area contributed by atoms with E-state index in [4.69, 9.17) is 14.8 Å². The van der Waals surface area contributed by atoms with Gasteiger partial charge >= 0.3 is 0 Å². The van der Waals surface area contributed by atoms with Crippen LogP contribution in [0.3, 0.4) is 0 Å². The summed E-state index contributed by atoms with van der Waals surface area (Å²) >= 11 is 1.53. The van der Waals surface area contributed by atoms with E-state index in [0.29, 0.717) is 12.3 Å². The zero-order chi connectivity index (χ0) is 18.7. The van der Waals surface area contributed by atoms with Crippen molar-refractivity contribution in [3.8, 4) is 0 Å². The van der Waals surface area contributed by atoms with E-state index in [1.54, 1.807) is 0 Å². The van der Waals surface area contributed by atoms with Crippen LogP contribution >= 0.6 is 11.8 Å². The molecule has 6 nitrogen and oxygen atoms in total.